The van der Waals surface area contributed by atoms with Gasteiger partial charge in [0.2, 0.25) is 5.78 Å². The molecule has 0 rings (SSSR count). The van der Waals surface area contributed by atoms with E-state index in [-0.39, 0.29) is 39.1 Å². The molecule has 0 aliphatic carbocycles. The highest BCUT2D eigenvalue weighted by atomic mass is 16.6. The molecule has 0 aromatic heterocycles. The molecule has 0 fully saturated rings. The molecule has 0 saturated heterocycles. The molecule has 0 saturated carbocycles. The van der Waals surface area contributed by atoms with Crippen molar-refractivity contribution in [1.29, 1.82) is 0 Å². The van der Waals surface area contributed by atoms with Crippen molar-refractivity contribution in [2.45, 2.75) is 19.3 Å². The highest BCUT2D eigenvalue weighted by molar-refractivity contribution is 6.32. The molecule has 0 spiro atoms. The van der Waals surface area contributed by atoms with E-state index >= 15 is 0 Å². The summed E-state index contributed by atoms with van der Waals surface area (Å²) in [7, 11) is 0. The Labute approximate surface area is 174 Å². The van der Waals surface area contributed by atoms with Crippen LogP contribution in [-0.2, 0) is 47.6 Å². The van der Waals surface area contributed by atoms with E-state index in [1.807, 2.05) is 0 Å². The first kappa shape index (κ1) is 27.9. The van der Waals surface area contributed by atoms with Gasteiger partial charge in [-0.2, -0.15) is 0 Å². The second kappa shape index (κ2) is 20.2. The van der Waals surface area contributed by atoms with Crippen molar-refractivity contribution in [3.63, 3.8) is 0 Å². The Balaban J connectivity index is 3.19. The minimum absolute atomic E-state index is 0.00774. The lowest BCUT2D eigenvalue weighted by Gasteiger charge is -2.08. The lowest BCUT2D eigenvalue weighted by molar-refractivity contribution is -0.151. The van der Waals surface area contributed by atoms with Crippen LogP contribution in [0.15, 0.2) is 0 Å². The second-order valence-electron chi connectivity index (χ2n) is 5.65. The van der Waals surface area contributed by atoms with Gasteiger partial charge in [-0.05, 0) is 0 Å². The van der Waals surface area contributed by atoms with Crippen LogP contribution in [0.25, 0.3) is 0 Å². The molecular formula is C18H30O12. The average molecular weight is 438 g/mol. The van der Waals surface area contributed by atoms with Crippen LogP contribution in [0.4, 0.5) is 0 Å². The Hall–Kier alpha value is -2.12. The van der Waals surface area contributed by atoms with Crippen molar-refractivity contribution in [2.24, 2.45) is 0 Å². The summed E-state index contributed by atoms with van der Waals surface area (Å²) in [5.74, 6) is -4.15. The van der Waals surface area contributed by atoms with Crippen LogP contribution >= 0.6 is 0 Å². The maximum absolute atomic E-state index is 11.3. The fraction of sp³-hybridized carbons (Fsp3) is 0.778. The molecule has 0 bridgehead atoms. The number of carboxylic acids is 2. The smallest absolute Gasteiger partial charge is 0.372 e. The van der Waals surface area contributed by atoms with Crippen molar-refractivity contribution in [1.82, 2.24) is 0 Å². The summed E-state index contributed by atoms with van der Waals surface area (Å²) < 4.78 is 30.8. The number of Topliss-reactive ketones (excluding diaryl/α,β-unsaturated/α-hetero) is 1. The molecule has 30 heavy (non-hydrogen) atoms. The van der Waals surface area contributed by atoms with Gasteiger partial charge in [0, 0.05) is 6.42 Å². The monoisotopic (exact) mass is 438 g/mol. The van der Waals surface area contributed by atoms with Gasteiger partial charge in [0.05, 0.1) is 78.9 Å². The van der Waals surface area contributed by atoms with Gasteiger partial charge in [0.15, 0.2) is 0 Å². The van der Waals surface area contributed by atoms with E-state index in [4.69, 9.17) is 38.6 Å². The van der Waals surface area contributed by atoms with E-state index in [2.05, 4.69) is 0 Å². The van der Waals surface area contributed by atoms with Crippen molar-refractivity contribution in [2.75, 3.05) is 72.7 Å². The minimum Gasteiger partial charge on any atom is -0.481 e. The zero-order valence-electron chi connectivity index (χ0n) is 16.9. The molecule has 12 heteroatoms. The number of esters is 1. The number of hydrogen-bond donors (Lipinski definition) is 2. The molecule has 0 aromatic rings. The Morgan fingerprint density at radius 2 is 0.900 bits per heavy atom. The number of aliphatic carboxylic acids is 2. The van der Waals surface area contributed by atoms with E-state index < -0.39 is 23.7 Å². The number of carbonyl (C=O) groups is 4. The van der Waals surface area contributed by atoms with E-state index in [0.717, 1.165) is 0 Å². The molecule has 0 radical (unpaired) electrons. The largest absolute Gasteiger partial charge is 0.481 e. The van der Waals surface area contributed by atoms with Crippen LogP contribution in [0.2, 0.25) is 0 Å². The fourth-order valence-corrected chi connectivity index (χ4v) is 1.75. The van der Waals surface area contributed by atoms with E-state index in [9.17, 15) is 19.2 Å². The summed E-state index contributed by atoms with van der Waals surface area (Å²) in [6.07, 6.45) is -0.694. The van der Waals surface area contributed by atoms with Crippen molar-refractivity contribution in [3.05, 3.63) is 0 Å². The summed E-state index contributed by atoms with van der Waals surface area (Å²) in [5, 5.41) is 16.8. The minimum atomic E-state index is -1.57. The molecule has 0 unspecified atom stereocenters. The van der Waals surface area contributed by atoms with Gasteiger partial charge >= 0.3 is 17.9 Å². The summed E-state index contributed by atoms with van der Waals surface area (Å²) in [6.45, 7) is 3.26. The van der Waals surface area contributed by atoms with Gasteiger partial charge in [-0.3, -0.25) is 14.4 Å². The number of carboxylic acid groups (broad SMARTS) is 2. The average Bonchev–Trinajstić information content (AvgIpc) is 2.70. The van der Waals surface area contributed by atoms with Gasteiger partial charge in [-0.25, -0.2) is 4.79 Å². The third-order valence-corrected chi connectivity index (χ3v) is 3.23. The van der Waals surface area contributed by atoms with Crippen molar-refractivity contribution in [3.8, 4) is 0 Å². The topological polar surface area (TPSA) is 164 Å². The first-order valence-electron chi connectivity index (χ1n) is 9.45. The standard InChI is InChI=1S/C18H30O12/c19-15(18(23)24)1-2-17(22)30-14-13-29-12-11-28-10-9-27-8-7-26-6-5-25-4-3-16(20)21/h1-14H2,(H,20,21)(H,23,24). The van der Waals surface area contributed by atoms with Crippen LogP contribution in [0, 0.1) is 0 Å². The Morgan fingerprint density at radius 1 is 0.500 bits per heavy atom. The number of ether oxygens (including phenoxy) is 6. The van der Waals surface area contributed by atoms with Gasteiger partial charge in [0.25, 0.3) is 0 Å². The predicted molar refractivity (Wildman–Crippen MR) is 99.2 cm³/mol. The molecule has 0 aromatic carbocycles. The lowest BCUT2D eigenvalue weighted by Crippen LogP contribution is -2.17. The van der Waals surface area contributed by atoms with Gasteiger partial charge in [0.1, 0.15) is 6.61 Å². The SMILES string of the molecule is O=C(O)CCOCCOCCOCCOCCOCCOC(=O)CCC(=O)C(=O)O. The summed E-state index contributed by atoms with van der Waals surface area (Å²) in [5.41, 5.74) is 0. The lowest BCUT2D eigenvalue weighted by atomic mass is 10.2. The summed E-state index contributed by atoms with van der Waals surface area (Å²) >= 11 is 0. The molecule has 0 heterocycles. The molecule has 0 amide bonds. The first-order valence-corrected chi connectivity index (χ1v) is 9.45. The predicted octanol–water partition coefficient (Wildman–Crippen LogP) is -0.479. The molecule has 2 N–H and O–H groups in total. The Bertz CT molecular complexity index is 494. The summed E-state index contributed by atoms with van der Waals surface area (Å²) in [4.78, 5) is 42.6. The van der Waals surface area contributed by atoms with Crippen LogP contribution in [0.1, 0.15) is 19.3 Å². The van der Waals surface area contributed by atoms with E-state index in [1.165, 1.54) is 0 Å². The highest BCUT2D eigenvalue weighted by Crippen LogP contribution is 1.95. The number of hydrogen-bond acceptors (Lipinski definition) is 10. The molecular weight excluding hydrogens is 408 g/mol. The molecule has 12 nitrogen and oxygen atoms in total. The van der Waals surface area contributed by atoms with Gasteiger partial charge in [-0.1, -0.05) is 0 Å². The van der Waals surface area contributed by atoms with Crippen LogP contribution in [0.3, 0.4) is 0 Å². The van der Waals surface area contributed by atoms with Crippen LogP contribution in [-0.4, -0.2) is 107 Å². The van der Waals surface area contributed by atoms with Crippen LogP contribution < -0.4 is 0 Å². The van der Waals surface area contributed by atoms with Gasteiger partial charge < -0.3 is 38.6 Å². The molecule has 0 aliphatic rings. The third kappa shape index (κ3) is 20.6. The molecule has 0 aliphatic heterocycles. The van der Waals surface area contributed by atoms with E-state index in [1.54, 1.807) is 0 Å². The van der Waals surface area contributed by atoms with E-state index in [0.29, 0.717) is 52.9 Å². The maximum atomic E-state index is 11.3. The van der Waals surface area contributed by atoms with Gasteiger partial charge in [-0.15, -0.1) is 0 Å². The third-order valence-electron chi connectivity index (χ3n) is 3.23. The normalized spacial score (nSPS) is 10.7. The maximum Gasteiger partial charge on any atom is 0.372 e. The molecule has 0 atom stereocenters. The Morgan fingerprint density at radius 3 is 1.30 bits per heavy atom. The quantitative estimate of drug-likeness (QED) is 0.127. The Kier molecular flexibility index (Phi) is 18.7. The number of ketones is 1. The van der Waals surface area contributed by atoms with Crippen molar-refractivity contribution < 1.29 is 57.8 Å². The molecule has 174 valence electrons. The van der Waals surface area contributed by atoms with Crippen LogP contribution in [0.5, 0.6) is 0 Å². The number of rotatable bonds is 22. The zero-order chi connectivity index (χ0) is 22.5. The fourth-order valence-electron chi connectivity index (χ4n) is 1.75. The highest BCUT2D eigenvalue weighted by Gasteiger charge is 2.14. The second-order valence-corrected chi connectivity index (χ2v) is 5.65. The van der Waals surface area contributed by atoms with Crippen molar-refractivity contribution >= 4 is 23.7 Å². The number of carbonyl (C=O) groups excluding carboxylic acids is 2. The summed E-state index contributed by atoms with van der Waals surface area (Å²) in [6, 6.07) is 0. The zero-order valence-corrected chi connectivity index (χ0v) is 16.9. The first-order chi connectivity index (χ1) is 14.4.